The molecule has 1 amide bonds. The van der Waals surface area contributed by atoms with E-state index in [0.717, 1.165) is 27.7 Å². The minimum absolute atomic E-state index is 0.171. The Balaban J connectivity index is 3.53. The predicted molar refractivity (Wildman–Crippen MR) is 105 cm³/mol. The SMILES string of the molecule is CC(=O)OC[C@H](OC(C)=O)[C@@H](OC(C)=O)[C@H](OC(C)=O)[C@H]1[C@H](OC(C)=O)CCN1C(C)=O. The van der Waals surface area contributed by atoms with E-state index in [2.05, 4.69) is 0 Å². The molecule has 1 fully saturated rings. The largest absolute Gasteiger partial charge is 0.462 e. The van der Waals surface area contributed by atoms with Crippen LogP contribution in [0, 0.1) is 0 Å². The van der Waals surface area contributed by atoms with E-state index in [1.165, 1.54) is 18.7 Å². The summed E-state index contributed by atoms with van der Waals surface area (Å²) in [5.74, 6) is -4.13. The van der Waals surface area contributed by atoms with E-state index in [1.54, 1.807) is 0 Å². The highest BCUT2D eigenvalue weighted by molar-refractivity contribution is 5.75. The molecule has 1 aliphatic heterocycles. The molecule has 0 spiro atoms. The number of carbonyl (C=O) groups is 6. The maximum Gasteiger partial charge on any atom is 0.303 e. The third-order valence-corrected chi connectivity index (χ3v) is 4.52. The third kappa shape index (κ3) is 8.16. The summed E-state index contributed by atoms with van der Waals surface area (Å²) in [5, 5.41) is 0. The first-order chi connectivity index (χ1) is 14.8. The molecule has 0 aromatic heterocycles. The second-order valence-electron chi connectivity index (χ2n) is 7.24. The number of nitrogens with zero attached hydrogens (tertiary/aromatic N) is 1. The highest BCUT2D eigenvalue weighted by Gasteiger charge is 2.51. The van der Waals surface area contributed by atoms with Gasteiger partial charge in [-0.15, -0.1) is 0 Å². The maximum atomic E-state index is 12.3. The van der Waals surface area contributed by atoms with Gasteiger partial charge < -0.3 is 28.6 Å². The Bertz CT molecular complexity index is 750. The van der Waals surface area contributed by atoms with Gasteiger partial charge in [0.05, 0.1) is 0 Å². The molecule has 0 bridgehead atoms. The van der Waals surface area contributed by atoms with Crippen LogP contribution < -0.4 is 0 Å². The summed E-state index contributed by atoms with van der Waals surface area (Å²) in [5.41, 5.74) is 0. The molecule has 180 valence electrons. The lowest BCUT2D eigenvalue weighted by atomic mass is 9.96. The van der Waals surface area contributed by atoms with Crippen LogP contribution >= 0.6 is 0 Å². The fraction of sp³-hybridized carbons (Fsp3) is 0.700. The van der Waals surface area contributed by atoms with Gasteiger partial charge in [-0.1, -0.05) is 0 Å². The number of carbonyl (C=O) groups excluding carboxylic acids is 6. The second kappa shape index (κ2) is 12.0. The molecular formula is C20H29NO11. The Morgan fingerprint density at radius 2 is 1.34 bits per heavy atom. The lowest BCUT2D eigenvalue weighted by Crippen LogP contribution is -2.58. The summed E-state index contributed by atoms with van der Waals surface area (Å²) in [7, 11) is 0. The lowest BCUT2D eigenvalue weighted by Gasteiger charge is -2.39. The summed E-state index contributed by atoms with van der Waals surface area (Å²) >= 11 is 0. The number of hydrogen-bond acceptors (Lipinski definition) is 11. The van der Waals surface area contributed by atoms with Gasteiger partial charge in [-0.25, -0.2) is 0 Å². The molecule has 12 nitrogen and oxygen atoms in total. The van der Waals surface area contributed by atoms with E-state index < -0.39 is 72.8 Å². The molecule has 1 aliphatic rings. The van der Waals surface area contributed by atoms with E-state index in [4.69, 9.17) is 23.7 Å². The van der Waals surface area contributed by atoms with E-state index in [0.29, 0.717) is 0 Å². The molecule has 12 heteroatoms. The van der Waals surface area contributed by atoms with Gasteiger partial charge in [-0.2, -0.15) is 0 Å². The molecule has 0 aliphatic carbocycles. The van der Waals surface area contributed by atoms with Gasteiger partial charge in [0.1, 0.15) is 18.8 Å². The van der Waals surface area contributed by atoms with E-state index in [9.17, 15) is 28.8 Å². The van der Waals surface area contributed by atoms with Crippen LogP contribution in [-0.4, -0.2) is 84.3 Å². The van der Waals surface area contributed by atoms with E-state index in [-0.39, 0.29) is 13.0 Å². The molecule has 0 unspecified atom stereocenters. The zero-order chi connectivity index (χ0) is 24.6. The normalized spacial score (nSPS) is 20.4. The van der Waals surface area contributed by atoms with Crippen molar-refractivity contribution in [3.63, 3.8) is 0 Å². The Morgan fingerprint density at radius 1 is 0.781 bits per heavy atom. The van der Waals surface area contributed by atoms with Gasteiger partial charge >= 0.3 is 29.8 Å². The molecule has 1 heterocycles. The zero-order valence-corrected chi connectivity index (χ0v) is 18.9. The fourth-order valence-electron chi connectivity index (χ4n) is 3.56. The van der Waals surface area contributed by atoms with Crippen molar-refractivity contribution in [1.29, 1.82) is 0 Å². The third-order valence-electron chi connectivity index (χ3n) is 4.52. The van der Waals surface area contributed by atoms with Gasteiger partial charge in [-0.05, 0) is 0 Å². The number of likely N-dealkylation sites (tertiary alicyclic amines) is 1. The Labute approximate surface area is 185 Å². The highest BCUT2D eigenvalue weighted by atomic mass is 16.6. The van der Waals surface area contributed by atoms with Crippen molar-refractivity contribution in [2.24, 2.45) is 0 Å². The van der Waals surface area contributed by atoms with E-state index in [1.807, 2.05) is 0 Å². The molecule has 0 aromatic rings. The number of amides is 1. The topological polar surface area (TPSA) is 152 Å². The van der Waals surface area contributed by atoms with Crippen molar-refractivity contribution in [3.05, 3.63) is 0 Å². The van der Waals surface area contributed by atoms with Crippen LogP contribution in [0.25, 0.3) is 0 Å². The smallest absolute Gasteiger partial charge is 0.303 e. The maximum absolute atomic E-state index is 12.3. The minimum atomic E-state index is -1.48. The molecule has 0 saturated carbocycles. The molecular weight excluding hydrogens is 430 g/mol. The van der Waals surface area contributed by atoms with Gasteiger partial charge in [0, 0.05) is 54.5 Å². The fourth-order valence-corrected chi connectivity index (χ4v) is 3.56. The van der Waals surface area contributed by atoms with Crippen molar-refractivity contribution in [3.8, 4) is 0 Å². The minimum Gasteiger partial charge on any atom is -0.462 e. The Hall–Kier alpha value is -3.18. The molecule has 0 radical (unpaired) electrons. The Morgan fingerprint density at radius 3 is 1.78 bits per heavy atom. The molecule has 1 rings (SSSR count). The quantitative estimate of drug-likeness (QED) is 0.335. The standard InChI is InChI=1S/C20H29NO11/c1-10(22)21-8-7-16(29-12(3)24)18(21)20(32-15(6)27)19(31-14(5)26)17(30-13(4)25)9-28-11(2)23/h16-20H,7-9H2,1-6H3/t16-,17+,18-,19-,20-/m1/s1. The summed E-state index contributed by atoms with van der Waals surface area (Å²) < 4.78 is 26.2. The average molecular weight is 459 g/mol. The second-order valence-corrected chi connectivity index (χ2v) is 7.24. The van der Waals surface area contributed by atoms with Crippen molar-refractivity contribution in [2.45, 2.75) is 78.4 Å². The molecule has 5 atom stereocenters. The van der Waals surface area contributed by atoms with Crippen LogP contribution in [0.3, 0.4) is 0 Å². The summed E-state index contributed by atoms with van der Waals surface area (Å²) in [6, 6.07) is -1.06. The van der Waals surface area contributed by atoms with Gasteiger partial charge in [0.2, 0.25) is 5.91 Å². The number of esters is 5. The van der Waals surface area contributed by atoms with E-state index >= 15 is 0 Å². The highest BCUT2D eigenvalue weighted by Crippen LogP contribution is 2.30. The van der Waals surface area contributed by atoms with Crippen LogP contribution in [0.5, 0.6) is 0 Å². The molecule has 32 heavy (non-hydrogen) atoms. The first-order valence-corrected chi connectivity index (χ1v) is 9.92. The van der Waals surface area contributed by atoms with Crippen LogP contribution in [-0.2, 0) is 52.5 Å². The first kappa shape index (κ1) is 26.9. The van der Waals surface area contributed by atoms with Crippen molar-refractivity contribution in [2.75, 3.05) is 13.2 Å². The number of hydrogen-bond donors (Lipinski definition) is 0. The molecule has 0 N–H and O–H groups in total. The van der Waals surface area contributed by atoms with Crippen LogP contribution in [0.15, 0.2) is 0 Å². The molecule has 1 saturated heterocycles. The summed E-state index contributed by atoms with van der Waals surface area (Å²) in [6.45, 7) is 6.50. The monoisotopic (exact) mass is 459 g/mol. The zero-order valence-electron chi connectivity index (χ0n) is 18.9. The van der Waals surface area contributed by atoms with Crippen LogP contribution in [0.4, 0.5) is 0 Å². The summed E-state index contributed by atoms with van der Waals surface area (Å²) in [6.07, 6.45) is -4.94. The van der Waals surface area contributed by atoms with Crippen LogP contribution in [0.1, 0.15) is 48.0 Å². The number of rotatable bonds is 9. The predicted octanol–water partition coefficient (Wildman–Crippen LogP) is -0.103. The first-order valence-electron chi connectivity index (χ1n) is 9.92. The average Bonchev–Trinajstić information content (AvgIpc) is 3.03. The van der Waals surface area contributed by atoms with Crippen molar-refractivity contribution >= 4 is 35.8 Å². The van der Waals surface area contributed by atoms with Gasteiger partial charge in [0.15, 0.2) is 18.3 Å². The lowest BCUT2D eigenvalue weighted by molar-refractivity contribution is -0.198. The number of ether oxygens (including phenoxy) is 5. The van der Waals surface area contributed by atoms with Crippen molar-refractivity contribution in [1.82, 2.24) is 4.90 Å². The molecule has 0 aromatic carbocycles. The van der Waals surface area contributed by atoms with Gasteiger partial charge in [-0.3, -0.25) is 28.8 Å². The Kier molecular flexibility index (Phi) is 10.1. The van der Waals surface area contributed by atoms with Crippen LogP contribution in [0.2, 0.25) is 0 Å². The van der Waals surface area contributed by atoms with Gasteiger partial charge in [0.25, 0.3) is 0 Å². The summed E-state index contributed by atoms with van der Waals surface area (Å²) in [4.78, 5) is 72.1. The van der Waals surface area contributed by atoms with Crippen molar-refractivity contribution < 1.29 is 52.5 Å².